The van der Waals surface area contributed by atoms with Crippen LogP contribution in [0.5, 0.6) is 0 Å². The number of aliphatic hydroxyl groups is 1. The molecule has 4 aliphatic rings. The maximum Gasteiger partial charge on any atom is 0.311 e. The van der Waals surface area contributed by atoms with Crippen molar-refractivity contribution in [3.8, 4) is 0 Å². The third-order valence-corrected chi connectivity index (χ3v) is 8.20. The van der Waals surface area contributed by atoms with E-state index in [9.17, 15) is 19.5 Å². The minimum Gasteiger partial charge on any atom is -0.462 e. The predicted octanol–water partition coefficient (Wildman–Crippen LogP) is 1.53. The molecule has 0 aromatic carbocycles. The highest BCUT2D eigenvalue weighted by Gasteiger charge is 2.67. The average Bonchev–Trinajstić information content (AvgIpc) is 3.31. The maximum absolute atomic E-state index is 12.9. The van der Waals surface area contributed by atoms with Gasteiger partial charge in [0.15, 0.2) is 0 Å². The van der Waals surface area contributed by atoms with E-state index in [1.165, 1.54) is 13.8 Å². The number of likely N-dealkylation sites (tertiary alicyclic amines) is 1. The Balaban J connectivity index is 1.74. The number of rotatable bonds is 4. The van der Waals surface area contributed by atoms with Crippen LogP contribution in [0.15, 0.2) is 0 Å². The van der Waals surface area contributed by atoms with Gasteiger partial charge < -0.3 is 24.2 Å². The summed E-state index contributed by atoms with van der Waals surface area (Å²) in [6.07, 6.45) is 0.756. The van der Waals surface area contributed by atoms with E-state index in [1.807, 2.05) is 13.8 Å². The lowest BCUT2D eigenvalue weighted by atomic mass is 9.66. The van der Waals surface area contributed by atoms with E-state index in [0.29, 0.717) is 19.4 Å². The Morgan fingerprint density at radius 3 is 2.42 bits per heavy atom. The highest BCUT2D eigenvalue weighted by atomic mass is 16.6. The molecule has 9 atom stereocenters. The molecule has 8 heteroatoms. The summed E-state index contributed by atoms with van der Waals surface area (Å²) in [7, 11) is 0. The molecule has 1 N–H and O–H groups in total. The molecule has 0 radical (unpaired) electrons. The van der Waals surface area contributed by atoms with Gasteiger partial charge in [-0.25, -0.2) is 0 Å². The molecule has 2 unspecified atom stereocenters. The summed E-state index contributed by atoms with van der Waals surface area (Å²) in [5, 5.41) is 11.2. The van der Waals surface area contributed by atoms with Gasteiger partial charge in [-0.1, -0.05) is 13.8 Å². The summed E-state index contributed by atoms with van der Waals surface area (Å²) in [6, 6.07) is 0. The fourth-order valence-electron chi connectivity index (χ4n) is 7.03. The summed E-state index contributed by atoms with van der Waals surface area (Å²) in [4.78, 5) is 39.2. The maximum atomic E-state index is 12.9. The molecule has 2 saturated carbocycles. The molecule has 31 heavy (non-hydrogen) atoms. The smallest absolute Gasteiger partial charge is 0.311 e. The number of ether oxygens (including phenoxy) is 3. The quantitative estimate of drug-likeness (QED) is 0.522. The van der Waals surface area contributed by atoms with Crippen LogP contribution in [0.3, 0.4) is 0 Å². The third kappa shape index (κ3) is 3.86. The molecule has 2 aliphatic heterocycles. The van der Waals surface area contributed by atoms with Crippen LogP contribution in [0, 0.1) is 29.1 Å². The summed E-state index contributed by atoms with van der Waals surface area (Å²) >= 11 is 0. The van der Waals surface area contributed by atoms with E-state index in [-0.39, 0.29) is 35.8 Å². The molecular weight excluding hydrogens is 402 g/mol. The molecule has 8 nitrogen and oxygen atoms in total. The molecule has 2 aliphatic carbocycles. The lowest BCUT2D eigenvalue weighted by Crippen LogP contribution is -2.53. The summed E-state index contributed by atoms with van der Waals surface area (Å²) in [5.74, 6) is -2.00. The van der Waals surface area contributed by atoms with E-state index in [0.717, 1.165) is 25.9 Å². The lowest BCUT2D eigenvalue weighted by Gasteiger charge is -2.44. The Labute approximate surface area is 183 Å². The largest absolute Gasteiger partial charge is 0.462 e. The van der Waals surface area contributed by atoms with Gasteiger partial charge in [-0.2, -0.15) is 0 Å². The second-order valence-electron chi connectivity index (χ2n) is 10.2. The van der Waals surface area contributed by atoms with Gasteiger partial charge in [-0.3, -0.25) is 14.4 Å². The van der Waals surface area contributed by atoms with Crippen molar-refractivity contribution in [1.82, 2.24) is 4.90 Å². The molecule has 0 bridgehead atoms. The number of aliphatic hydroxyl groups excluding tert-OH is 1. The van der Waals surface area contributed by atoms with Gasteiger partial charge in [0, 0.05) is 44.1 Å². The number of carbonyl (C=O) groups is 3. The van der Waals surface area contributed by atoms with Crippen molar-refractivity contribution in [1.29, 1.82) is 0 Å². The first-order chi connectivity index (χ1) is 14.6. The topological polar surface area (TPSA) is 102 Å². The van der Waals surface area contributed by atoms with Gasteiger partial charge in [0.25, 0.3) is 0 Å². The van der Waals surface area contributed by atoms with Crippen LogP contribution in [-0.2, 0) is 28.6 Å². The van der Waals surface area contributed by atoms with E-state index >= 15 is 0 Å². The molecule has 174 valence electrons. The van der Waals surface area contributed by atoms with E-state index < -0.39 is 35.6 Å². The summed E-state index contributed by atoms with van der Waals surface area (Å²) in [5.41, 5.74) is -0.845. The first-order valence-corrected chi connectivity index (χ1v) is 11.6. The zero-order valence-electron chi connectivity index (χ0n) is 18.9. The highest BCUT2D eigenvalue weighted by molar-refractivity contribution is 5.76. The minimum absolute atomic E-state index is 0.0119. The van der Waals surface area contributed by atoms with Crippen LogP contribution in [0.4, 0.5) is 0 Å². The van der Waals surface area contributed by atoms with Crippen molar-refractivity contribution in [3.05, 3.63) is 0 Å². The zero-order valence-corrected chi connectivity index (χ0v) is 18.9. The Kier molecular flexibility index (Phi) is 6.07. The van der Waals surface area contributed by atoms with Crippen LogP contribution >= 0.6 is 0 Å². The Morgan fingerprint density at radius 1 is 1.16 bits per heavy atom. The molecule has 0 amide bonds. The van der Waals surface area contributed by atoms with Crippen LogP contribution in [0.25, 0.3) is 0 Å². The van der Waals surface area contributed by atoms with E-state index in [4.69, 9.17) is 14.2 Å². The second-order valence-corrected chi connectivity index (χ2v) is 10.2. The van der Waals surface area contributed by atoms with Crippen molar-refractivity contribution in [2.45, 2.75) is 77.8 Å². The molecular formula is C23H35NO7. The summed E-state index contributed by atoms with van der Waals surface area (Å²) in [6.45, 7) is 9.19. The van der Waals surface area contributed by atoms with Gasteiger partial charge in [0.1, 0.15) is 18.3 Å². The van der Waals surface area contributed by atoms with Gasteiger partial charge in [-0.05, 0) is 38.3 Å². The fraction of sp³-hybridized carbons (Fsp3) is 0.870. The molecule has 0 aromatic heterocycles. The van der Waals surface area contributed by atoms with Gasteiger partial charge in [0.05, 0.1) is 12.0 Å². The highest BCUT2D eigenvalue weighted by Crippen LogP contribution is 2.59. The van der Waals surface area contributed by atoms with Gasteiger partial charge >= 0.3 is 17.9 Å². The number of fused-ring (bicyclic) bond motifs is 2. The SMILES string of the molecule is CC(=O)O[C@@H]1[C@@H]2C(CN3CCCC3)C(=O)O[C@H]2C[C@H](C)C2[C@H](OC(C)=O)C[C@@H](O)[C@]21C. The fourth-order valence-corrected chi connectivity index (χ4v) is 7.03. The van der Waals surface area contributed by atoms with Gasteiger partial charge in [0.2, 0.25) is 0 Å². The first-order valence-electron chi connectivity index (χ1n) is 11.6. The predicted molar refractivity (Wildman–Crippen MR) is 110 cm³/mol. The van der Waals surface area contributed by atoms with E-state index in [2.05, 4.69) is 4.90 Å². The zero-order chi connectivity index (χ0) is 22.5. The van der Waals surface area contributed by atoms with Crippen molar-refractivity contribution in [2.75, 3.05) is 19.6 Å². The number of hydrogen-bond acceptors (Lipinski definition) is 8. The molecule has 2 saturated heterocycles. The second kappa shape index (κ2) is 8.35. The number of esters is 3. The lowest BCUT2D eigenvalue weighted by molar-refractivity contribution is -0.174. The number of hydrogen-bond donors (Lipinski definition) is 1. The van der Waals surface area contributed by atoms with Crippen LogP contribution in [0.2, 0.25) is 0 Å². The Bertz CT molecular complexity index is 735. The normalized spacial score (nSPS) is 44.9. The van der Waals surface area contributed by atoms with Crippen LogP contribution in [-0.4, -0.2) is 72.0 Å². The van der Waals surface area contributed by atoms with Crippen molar-refractivity contribution in [3.63, 3.8) is 0 Å². The molecule has 2 heterocycles. The van der Waals surface area contributed by atoms with Crippen molar-refractivity contribution >= 4 is 17.9 Å². The Morgan fingerprint density at radius 2 is 1.81 bits per heavy atom. The van der Waals surface area contributed by atoms with Crippen LogP contribution < -0.4 is 0 Å². The monoisotopic (exact) mass is 437 g/mol. The molecule has 4 fully saturated rings. The van der Waals surface area contributed by atoms with Crippen molar-refractivity contribution in [2.24, 2.45) is 29.1 Å². The molecule has 0 aromatic rings. The van der Waals surface area contributed by atoms with Crippen LogP contribution in [0.1, 0.15) is 53.4 Å². The first kappa shape index (κ1) is 22.5. The van der Waals surface area contributed by atoms with Crippen molar-refractivity contribution < 1.29 is 33.7 Å². The summed E-state index contributed by atoms with van der Waals surface area (Å²) < 4.78 is 17.4. The molecule has 4 rings (SSSR count). The van der Waals surface area contributed by atoms with Gasteiger partial charge in [-0.15, -0.1) is 0 Å². The Hall–Kier alpha value is -1.67. The third-order valence-electron chi connectivity index (χ3n) is 8.20. The molecule has 0 spiro atoms. The number of nitrogens with zero attached hydrogens (tertiary/aromatic N) is 1. The van der Waals surface area contributed by atoms with E-state index in [1.54, 1.807) is 0 Å². The standard InChI is InChI=1S/C23H35NO7/c1-12-9-16-19(15(22(28)31-16)11-24-7-5-6-8-24)21(30-14(3)26)23(4)18(27)10-17(20(12)23)29-13(2)25/h12,15-21,27H,5-11H2,1-4H3/t12-,15?,16-,17+,18+,19+,20?,21+,23+/m0/s1. The number of carbonyl (C=O) groups excluding carboxylic acids is 3. The minimum atomic E-state index is -0.845. The average molecular weight is 438 g/mol.